The van der Waals surface area contributed by atoms with Crippen molar-refractivity contribution in [1.82, 2.24) is 15.4 Å². The largest absolute Gasteiger partial charge is 0.481 e. The highest BCUT2D eigenvalue weighted by molar-refractivity contribution is 9.10. The van der Waals surface area contributed by atoms with Crippen molar-refractivity contribution in [2.75, 3.05) is 19.5 Å². The Hall–Kier alpha value is -2.46. The number of aromatic nitrogens is 2. The minimum absolute atomic E-state index is 0.129. The highest BCUT2D eigenvalue weighted by Crippen LogP contribution is 2.22. The fraction of sp³-hybridized carbons (Fsp3) is 0.278. The molecule has 2 rings (SSSR count). The van der Waals surface area contributed by atoms with Crippen LogP contribution >= 0.6 is 27.7 Å². The topological polar surface area (TPSA) is 103 Å². The molecular formula is C18H19BrN4O4S. The number of carbonyl (C=O) groups is 2. The zero-order valence-corrected chi connectivity index (χ0v) is 18.0. The van der Waals surface area contributed by atoms with Gasteiger partial charge >= 0.3 is 5.97 Å². The van der Waals surface area contributed by atoms with Crippen molar-refractivity contribution < 1.29 is 19.1 Å². The van der Waals surface area contributed by atoms with E-state index in [1.165, 1.54) is 25.1 Å². The number of amides is 1. The summed E-state index contributed by atoms with van der Waals surface area (Å²) in [6.45, 7) is 3.53. The number of methoxy groups -OCH3 is 1. The van der Waals surface area contributed by atoms with Gasteiger partial charge in [0.05, 0.1) is 19.1 Å². The Balaban J connectivity index is 1.93. The number of hydrazone groups is 1. The van der Waals surface area contributed by atoms with Crippen LogP contribution in [0, 0.1) is 13.8 Å². The quantitative estimate of drug-likeness (QED) is 0.209. The lowest BCUT2D eigenvalue weighted by atomic mass is 10.2. The molecule has 0 fully saturated rings. The maximum Gasteiger partial charge on any atom is 0.343 e. The molecule has 1 amide bonds. The molecule has 10 heteroatoms. The van der Waals surface area contributed by atoms with Gasteiger partial charge in [0.2, 0.25) is 0 Å². The van der Waals surface area contributed by atoms with Gasteiger partial charge in [-0.15, -0.1) is 0 Å². The first-order chi connectivity index (χ1) is 13.4. The summed E-state index contributed by atoms with van der Waals surface area (Å²) in [6, 6.07) is 7.07. The van der Waals surface area contributed by atoms with Crippen LogP contribution in [0.1, 0.15) is 17.0 Å². The summed E-state index contributed by atoms with van der Waals surface area (Å²) >= 11 is 4.59. The zero-order chi connectivity index (χ0) is 20.5. The monoisotopic (exact) mass is 466 g/mol. The summed E-state index contributed by atoms with van der Waals surface area (Å²) in [7, 11) is 1.28. The van der Waals surface area contributed by atoms with Crippen LogP contribution in [0.25, 0.3) is 0 Å². The molecule has 0 unspecified atom stereocenters. The number of hydrogen-bond donors (Lipinski definition) is 1. The van der Waals surface area contributed by atoms with E-state index in [0.29, 0.717) is 16.5 Å². The molecule has 0 spiro atoms. The van der Waals surface area contributed by atoms with Crippen molar-refractivity contribution in [2.45, 2.75) is 19.0 Å². The lowest BCUT2D eigenvalue weighted by molar-refractivity contribution is -0.142. The lowest BCUT2D eigenvalue weighted by Gasteiger charge is -2.08. The number of ether oxygens (including phenoxy) is 2. The van der Waals surface area contributed by atoms with E-state index < -0.39 is 5.97 Å². The number of esters is 1. The Morgan fingerprint density at radius 3 is 2.64 bits per heavy atom. The van der Waals surface area contributed by atoms with Crippen LogP contribution < -0.4 is 10.2 Å². The van der Waals surface area contributed by atoms with Crippen LogP contribution in [0.15, 0.2) is 39.0 Å². The maximum absolute atomic E-state index is 12.0. The van der Waals surface area contributed by atoms with Gasteiger partial charge in [0.25, 0.3) is 5.91 Å². The molecule has 0 saturated carbocycles. The third-order valence-corrected chi connectivity index (χ3v) is 4.57. The van der Waals surface area contributed by atoms with E-state index >= 15 is 0 Å². The van der Waals surface area contributed by atoms with Crippen LogP contribution in [0.5, 0.6) is 5.75 Å². The standard InChI is InChI=1S/C18H19BrN4O4S/c1-11-6-12(2)22-18(21-11)28-10-16(24)23-20-8-13-7-14(19)4-5-15(13)27-9-17(25)26-3/h4-8H,9-10H2,1-3H3,(H,23,24)/b20-8-. The van der Waals surface area contributed by atoms with E-state index in [2.05, 4.69) is 41.2 Å². The first-order valence-corrected chi connectivity index (χ1v) is 9.91. The number of carbonyl (C=O) groups excluding carboxylic acids is 2. The van der Waals surface area contributed by atoms with E-state index in [-0.39, 0.29) is 18.3 Å². The molecular weight excluding hydrogens is 448 g/mol. The van der Waals surface area contributed by atoms with Crippen molar-refractivity contribution in [2.24, 2.45) is 5.10 Å². The SMILES string of the molecule is COC(=O)COc1ccc(Br)cc1/C=N\NC(=O)CSc1nc(C)cc(C)n1. The van der Waals surface area contributed by atoms with Crippen LogP contribution in [-0.4, -0.2) is 47.5 Å². The Kier molecular flexibility index (Phi) is 8.40. The molecule has 1 aromatic heterocycles. The van der Waals surface area contributed by atoms with Gasteiger partial charge in [-0.05, 0) is 38.1 Å². The van der Waals surface area contributed by atoms with Gasteiger partial charge in [-0.25, -0.2) is 20.2 Å². The number of rotatable bonds is 8. The number of thioether (sulfide) groups is 1. The summed E-state index contributed by atoms with van der Waals surface area (Å²) in [5.74, 6) is -0.227. The maximum atomic E-state index is 12.0. The summed E-state index contributed by atoms with van der Waals surface area (Å²) in [5.41, 5.74) is 4.73. The second kappa shape index (κ2) is 10.8. The number of nitrogens with one attached hydrogen (secondary N) is 1. The van der Waals surface area contributed by atoms with E-state index in [1.54, 1.807) is 18.2 Å². The van der Waals surface area contributed by atoms with E-state index in [9.17, 15) is 9.59 Å². The van der Waals surface area contributed by atoms with Gasteiger partial charge in [-0.1, -0.05) is 27.7 Å². The highest BCUT2D eigenvalue weighted by Gasteiger charge is 2.08. The molecule has 0 radical (unpaired) electrons. The minimum Gasteiger partial charge on any atom is -0.481 e. The van der Waals surface area contributed by atoms with Crippen molar-refractivity contribution in [3.05, 3.63) is 45.7 Å². The van der Waals surface area contributed by atoms with Crippen LogP contribution in [-0.2, 0) is 14.3 Å². The molecule has 28 heavy (non-hydrogen) atoms. The summed E-state index contributed by atoms with van der Waals surface area (Å²) in [5, 5.41) is 4.49. The molecule has 8 nitrogen and oxygen atoms in total. The molecule has 1 heterocycles. The fourth-order valence-corrected chi connectivity index (χ4v) is 3.16. The molecule has 0 saturated heterocycles. The van der Waals surface area contributed by atoms with E-state index in [4.69, 9.17) is 4.74 Å². The average Bonchev–Trinajstić information content (AvgIpc) is 2.64. The number of benzene rings is 1. The fourth-order valence-electron chi connectivity index (χ4n) is 2.04. The Morgan fingerprint density at radius 1 is 1.25 bits per heavy atom. The lowest BCUT2D eigenvalue weighted by Crippen LogP contribution is -2.20. The van der Waals surface area contributed by atoms with Gasteiger partial charge in [-0.2, -0.15) is 5.10 Å². The molecule has 0 bridgehead atoms. The van der Waals surface area contributed by atoms with Crippen molar-refractivity contribution >= 4 is 45.8 Å². The van der Waals surface area contributed by atoms with Gasteiger partial charge in [0.15, 0.2) is 11.8 Å². The van der Waals surface area contributed by atoms with Crippen molar-refractivity contribution in [3.63, 3.8) is 0 Å². The second-order valence-electron chi connectivity index (χ2n) is 5.56. The Morgan fingerprint density at radius 2 is 1.96 bits per heavy atom. The third kappa shape index (κ3) is 7.28. The van der Waals surface area contributed by atoms with Crippen LogP contribution in [0.2, 0.25) is 0 Å². The van der Waals surface area contributed by atoms with Gasteiger partial charge in [-0.3, -0.25) is 4.79 Å². The second-order valence-corrected chi connectivity index (χ2v) is 7.42. The molecule has 0 aliphatic heterocycles. The number of nitrogens with zero attached hydrogens (tertiary/aromatic N) is 3. The molecule has 0 aliphatic rings. The number of halogens is 1. The molecule has 148 valence electrons. The smallest absolute Gasteiger partial charge is 0.343 e. The summed E-state index contributed by atoms with van der Waals surface area (Å²) in [4.78, 5) is 31.8. The molecule has 2 aromatic rings. The summed E-state index contributed by atoms with van der Waals surface area (Å²) < 4.78 is 10.8. The molecule has 0 atom stereocenters. The molecule has 1 N–H and O–H groups in total. The first kappa shape index (κ1) is 21.8. The first-order valence-electron chi connectivity index (χ1n) is 8.13. The summed E-state index contributed by atoms with van der Waals surface area (Å²) in [6.07, 6.45) is 1.44. The van der Waals surface area contributed by atoms with Crippen molar-refractivity contribution in [3.8, 4) is 5.75 Å². The Bertz CT molecular complexity index is 872. The third-order valence-electron chi connectivity index (χ3n) is 3.23. The predicted octanol–water partition coefficient (Wildman–Crippen LogP) is 2.65. The van der Waals surface area contributed by atoms with Gasteiger partial charge in [0.1, 0.15) is 5.75 Å². The Labute approximate surface area is 175 Å². The van der Waals surface area contributed by atoms with Gasteiger partial charge in [0, 0.05) is 21.4 Å². The number of aryl methyl sites for hydroxylation is 2. The molecule has 0 aliphatic carbocycles. The predicted molar refractivity (Wildman–Crippen MR) is 110 cm³/mol. The van der Waals surface area contributed by atoms with E-state index in [1.807, 2.05) is 19.9 Å². The van der Waals surface area contributed by atoms with Gasteiger partial charge < -0.3 is 9.47 Å². The van der Waals surface area contributed by atoms with Crippen LogP contribution in [0.4, 0.5) is 0 Å². The number of hydrogen-bond acceptors (Lipinski definition) is 8. The minimum atomic E-state index is -0.496. The molecule has 1 aromatic carbocycles. The van der Waals surface area contributed by atoms with Crippen LogP contribution in [0.3, 0.4) is 0 Å². The normalized spacial score (nSPS) is 10.7. The zero-order valence-electron chi connectivity index (χ0n) is 15.6. The highest BCUT2D eigenvalue weighted by atomic mass is 79.9. The average molecular weight is 467 g/mol. The van der Waals surface area contributed by atoms with Crippen molar-refractivity contribution in [1.29, 1.82) is 0 Å². The van der Waals surface area contributed by atoms with E-state index in [0.717, 1.165) is 15.9 Å².